The van der Waals surface area contributed by atoms with Gasteiger partial charge in [-0.2, -0.15) is 5.26 Å². The van der Waals surface area contributed by atoms with Gasteiger partial charge in [0.2, 0.25) is 5.91 Å². The zero-order chi connectivity index (χ0) is 19.8. The van der Waals surface area contributed by atoms with Crippen LogP contribution in [0.3, 0.4) is 0 Å². The van der Waals surface area contributed by atoms with E-state index in [2.05, 4.69) is 11.0 Å². The first-order valence-electron chi connectivity index (χ1n) is 8.83. The quantitative estimate of drug-likeness (QED) is 0.630. The maximum Gasteiger partial charge on any atom is 0.229 e. The van der Waals surface area contributed by atoms with Crippen molar-refractivity contribution in [3.63, 3.8) is 0 Å². The number of nitriles is 1. The lowest BCUT2D eigenvalue weighted by atomic mass is 9.86. The zero-order valence-corrected chi connectivity index (χ0v) is 17.5. The predicted molar refractivity (Wildman–Crippen MR) is 114 cm³/mol. The van der Waals surface area contributed by atoms with Crippen LogP contribution < -0.4 is 4.90 Å². The van der Waals surface area contributed by atoms with Crippen molar-refractivity contribution in [2.75, 3.05) is 17.4 Å². The standard InChI is InChI=1S/C21H17Cl2N3OS/c1-13-17(22)7-4-8-19(13)25-11-26-20(27)9-15(14-5-2-3-6-18(14)23)16(10-24)21(26)28-12-25/h2-8,15H,9,11-12H2,1H3/t15-/m0/s1. The van der Waals surface area contributed by atoms with Gasteiger partial charge >= 0.3 is 0 Å². The Labute approximate surface area is 178 Å². The van der Waals surface area contributed by atoms with Crippen LogP contribution in [0.1, 0.15) is 23.5 Å². The highest BCUT2D eigenvalue weighted by atomic mass is 35.5. The van der Waals surface area contributed by atoms with Gasteiger partial charge in [0.15, 0.2) is 0 Å². The molecule has 0 saturated carbocycles. The molecule has 1 saturated heterocycles. The minimum absolute atomic E-state index is 0.00389. The first-order valence-corrected chi connectivity index (χ1v) is 10.6. The van der Waals surface area contributed by atoms with Crippen molar-refractivity contribution in [2.45, 2.75) is 19.3 Å². The Balaban J connectivity index is 1.70. The highest BCUT2D eigenvalue weighted by Crippen LogP contribution is 2.45. The molecule has 0 N–H and O–H groups in total. The normalized spacial score (nSPS) is 19.5. The third-order valence-electron chi connectivity index (χ3n) is 5.15. The minimum atomic E-state index is -0.301. The van der Waals surface area contributed by atoms with E-state index in [0.717, 1.165) is 21.8 Å². The highest BCUT2D eigenvalue weighted by Gasteiger charge is 2.39. The van der Waals surface area contributed by atoms with Gasteiger partial charge in [-0.3, -0.25) is 9.69 Å². The molecule has 28 heavy (non-hydrogen) atoms. The van der Waals surface area contributed by atoms with E-state index >= 15 is 0 Å². The number of nitrogens with zero attached hydrogens (tertiary/aromatic N) is 3. The summed E-state index contributed by atoms with van der Waals surface area (Å²) in [5.74, 6) is 0.334. The average Bonchev–Trinajstić information content (AvgIpc) is 2.70. The molecule has 4 nitrogen and oxygen atoms in total. The summed E-state index contributed by atoms with van der Waals surface area (Å²) in [6, 6.07) is 15.5. The third kappa shape index (κ3) is 3.26. The second-order valence-electron chi connectivity index (χ2n) is 6.77. The van der Waals surface area contributed by atoms with Crippen LogP contribution >= 0.6 is 35.0 Å². The van der Waals surface area contributed by atoms with Gasteiger partial charge < -0.3 is 4.90 Å². The van der Waals surface area contributed by atoms with Gasteiger partial charge in [0.25, 0.3) is 0 Å². The Bertz CT molecular complexity index is 1030. The summed E-state index contributed by atoms with van der Waals surface area (Å²) in [6.07, 6.45) is 0.235. The first kappa shape index (κ1) is 19.2. The Morgan fingerprint density at radius 3 is 2.64 bits per heavy atom. The maximum absolute atomic E-state index is 13.0. The fourth-order valence-electron chi connectivity index (χ4n) is 3.68. The molecule has 142 valence electrons. The van der Waals surface area contributed by atoms with E-state index in [-0.39, 0.29) is 18.2 Å². The monoisotopic (exact) mass is 429 g/mol. The predicted octanol–water partition coefficient (Wildman–Crippen LogP) is 5.52. The van der Waals surface area contributed by atoms with Gasteiger partial charge in [0.05, 0.1) is 29.2 Å². The summed E-state index contributed by atoms with van der Waals surface area (Å²) in [5, 5.41) is 11.9. The van der Waals surface area contributed by atoms with Gasteiger partial charge in [-0.25, -0.2) is 0 Å². The van der Waals surface area contributed by atoms with Crippen LogP contribution in [0, 0.1) is 18.3 Å². The van der Waals surface area contributed by atoms with Crippen LogP contribution in [0.4, 0.5) is 5.69 Å². The molecule has 1 atom stereocenters. The summed E-state index contributed by atoms with van der Waals surface area (Å²) in [4.78, 5) is 16.8. The molecular weight excluding hydrogens is 413 g/mol. The Hall–Kier alpha value is -2.13. The highest BCUT2D eigenvalue weighted by molar-refractivity contribution is 8.03. The van der Waals surface area contributed by atoms with Crippen molar-refractivity contribution in [2.24, 2.45) is 0 Å². The van der Waals surface area contributed by atoms with Crippen molar-refractivity contribution in [3.8, 4) is 6.07 Å². The summed E-state index contributed by atoms with van der Waals surface area (Å²) < 4.78 is 0. The molecule has 1 amide bonds. The fraction of sp³-hybridized carbons (Fsp3) is 0.238. The van der Waals surface area contributed by atoms with E-state index in [1.807, 2.05) is 43.3 Å². The van der Waals surface area contributed by atoms with Gasteiger partial charge in [-0.15, -0.1) is 0 Å². The topological polar surface area (TPSA) is 47.3 Å². The average molecular weight is 430 g/mol. The number of hydrogen-bond donors (Lipinski definition) is 0. The smallest absolute Gasteiger partial charge is 0.229 e. The van der Waals surface area contributed by atoms with E-state index in [9.17, 15) is 10.1 Å². The number of allylic oxidation sites excluding steroid dienone is 1. The van der Waals surface area contributed by atoms with Crippen LogP contribution in [-0.4, -0.2) is 23.4 Å². The second kappa shape index (κ2) is 7.71. The third-order valence-corrected chi connectivity index (χ3v) is 7.06. The lowest BCUT2D eigenvalue weighted by molar-refractivity contribution is -0.129. The zero-order valence-electron chi connectivity index (χ0n) is 15.2. The molecule has 2 aromatic rings. The molecular formula is C21H17Cl2N3OS. The van der Waals surface area contributed by atoms with Crippen molar-refractivity contribution in [1.82, 2.24) is 4.90 Å². The largest absolute Gasteiger partial charge is 0.343 e. The number of carbonyl (C=O) groups is 1. The molecule has 0 spiro atoms. The first-order chi connectivity index (χ1) is 13.5. The number of halogens is 2. The summed E-state index contributed by atoms with van der Waals surface area (Å²) in [5.41, 5.74) is 3.42. The number of fused-ring (bicyclic) bond motifs is 1. The lowest BCUT2D eigenvalue weighted by Gasteiger charge is -2.42. The molecule has 2 aromatic carbocycles. The molecule has 2 aliphatic rings. The maximum atomic E-state index is 13.0. The second-order valence-corrected chi connectivity index (χ2v) is 8.52. The molecule has 0 radical (unpaired) electrons. The molecule has 2 aliphatic heterocycles. The fourth-order valence-corrected chi connectivity index (χ4v) is 5.27. The van der Waals surface area contributed by atoms with Crippen molar-refractivity contribution in [1.29, 1.82) is 5.26 Å². The number of amides is 1. The molecule has 2 heterocycles. The van der Waals surface area contributed by atoms with Crippen molar-refractivity contribution >= 4 is 46.6 Å². The number of hydrogen-bond acceptors (Lipinski definition) is 4. The van der Waals surface area contributed by atoms with Gasteiger partial charge in [0, 0.05) is 28.1 Å². The Morgan fingerprint density at radius 2 is 1.89 bits per heavy atom. The van der Waals surface area contributed by atoms with Gasteiger partial charge in [0.1, 0.15) is 0 Å². The summed E-state index contributed by atoms with van der Waals surface area (Å²) in [7, 11) is 0. The summed E-state index contributed by atoms with van der Waals surface area (Å²) >= 11 is 14.1. The molecule has 0 aliphatic carbocycles. The Morgan fingerprint density at radius 1 is 1.14 bits per heavy atom. The molecule has 4 rings (SSSR count). The van der Waals surface area contributed by atoms with Crippen LogP contribution in [0.5, 0.6) is 0 Å². The summed E-state index contributed by atoms with van der Waals surface area (Å²) in [6.45, 7) is 2.38. The molecule has 7 heteroatoms. The van der Waals surface area contributed by atoms with Crippen LogP contribution in [0.25, 0.3) is 0 Å². The van der Waals surface area contributed by atoms with E-state index in [1.54, 1.807) is 11.0 Å². The number of carbonyl (C=O) groups excluding carboxylic acids is 1. The van der Waals surface area contributed by atoms with E-state index < -0.39 is 0 Å². The van der Waals surface area contributed by atoms with Gasteiger partial charge in [-0.1, -0.05) is 59.2 Å². The number of rotatable bonds is 2. The number of benzene rings is 2. The minimum Gasteiger partial charge on any atom is -0.343 e. The van der Waals surface area contributed by atoms with Crippen LogP contribution in [0.2, 0.25) is 10.0 Å². The van der Waals surface area contributed by atoms with Crippen molar-refractivity contribution in [3.05, 3.63) is 74.2 Å². The molecule has 0 aromatic heterocycles. The van der Waals surface area contributed by atoms with Crippen LogP contribution in [-0.2, 0) is 4.79 Å². The lowest BCUT2D eigenvalue weighted by Crippen LogP contribution is -2.47. The molecule has 0 bridgehead atoms. The SMILES string of the molecule is Cc1c(Cl)cccc1N1CSC2=C(C#N)[C@H](c3ccccc3Cl)CC(=O)N2C1. The van der Waals surface area contributed by atoms with E-state index in [4.69, 9.17) is 23.2 Å². The van der Waals surface area contributed by atoms with E-state index in [1.165, 1.54) is 11.8 Å². The molecule has 1 fully saturated rings. The van der Waals surface area contributed by atoms with Gasteiger partial charge in [-0.05, 0) is 36.2 Å². The number of thioether (sulfide) groups is 1. The molecule has 0 unspecified atom stereocenters. The van der Waals surface area contributed by atoms with Crippen molar-refractivity contribution < 1.29 is 4.79 Å². The number of anilines is 1. The van der Waals surface area contributed by atoms with E-state index in [0.29, 0.717) is 28.2 Å². The Kier molecular flexibility index (Phi) is 5.29. The van der Waals surface area contributed by atoms with Crippen LogP contribution in [0.15, 0.2) is 53.1 Å².